The van der Waals surface area contributed by atoms with E-state index in [0.29, 0.717) is 0 Å². The summed E-state index contributed by atoms with van der Waals surface area (Å²) in [5.41, 5.74) is 0.295. The third-order valence-corrected chi connectivity index (χ3v) is 7.32. The van der Waals surface area contributed by atoms with Gasteiger partial charge in [-0.15, -0.1) is 12.4 Å². The van der Waals surface area contributed by atoms with Crippen LogP contribution in [0.1, 0.15) is 64.2 Å². The highest BCUT2D eigenvalue weighted by Crippen LogP contribution is 2.59. The van der Waals surface area contributed by atoms with Crippen LogP contribution in [0.2, 0.25) is 0 Å². The van der Waals surface area contributed by atoms with Crippen LogP contribution in [-0.2, 0) is 4.57 Å². The van der Waals surface area contributed by atoms with Crippen LogP contribution in [0.3, 0.4) is 0 Å². The van der Waals surface area contributed by atoms with E-state index in [4.69, 9.17) is 0 Å². The maximum absolute atomic E-state index is 12.5. The van der Waals surface area contributed by atoms with E-state index >= 15 is 0 Å². The van der Waals surface area contributed by atoms with Gasteiger partial charge in [-0.25, -0.2) is 0 Å². The van der Waals surface area contributed by atoms with Crippen molar-refractivity contribution < 1.29 is 9.46 Å². The van der Waals surface area contributed by atoms with Gasteiger partial charge in [0, 0.05) is 11.3 Å². The molecule has 0 amide bonds. The summed E-state index contributed by atoms with van der Waals surface area (Å²) in [6, 6.07) is 0. The lowest BCUT2D eigenvalue weighted by Gasteiger charge is -2.34. The predicted molar refractivity (Wildman–Crippen MR) is 70.8 cm³/mol. The lowest BCUT2D eigenvalue weighted by atomic mass is 10.00. The fourth-order valence-corrected chi connectivity index (χ4v) is 6.01. The van der Waals surface area contributed by atoms with E-state index in [2.05, 4.69) is 0 Å². The second kappa shape index (κ2) is 6.42. The van der Waals surface area contributed by atoms with Crippen LogP contribution >= 0.6 is 19.8 Å². The molecule has 16 heavy (non-hydrogen) atoms. The molecule has 0 aromatic heterocycles. The lowest BCUT2D eigenvalue weighted by molar-refractivity contribution is 0.386. The van der Waals surface area contributed by atoms with Crippen molar-refractivity contribution in [2.75, 3.05) is 0 Å². The third kappa shape index (κ3) is 3.24. The molecule has 2 aliphatic rings. The molecular weight excluding hydrogens is 243 g/mol. The van der Waals surface area contributed by atoms with Gasteiger partial charge in [0.15, 0.2) is 0 Å². The molecule has 0 unspecified atom stereocenters. The summed E-state index contributed by atoms with van der Waals surface area (Å²) < 4.78 is 12.5. The molecule has 0 radical (unpaired) electrons. The Hall–Kier alpha value is 0.480. The molecule has 0 atom stereocenters. The summed E-state index contributed by atoms with van der Waals surface area (Å²) in [7, 11) is -2.84. The highest BCUT2D eigenvalue weighted by molar-refractivity contribution is 7.59. The van der Waals surface area contributed by atoms with Gasteiger partial charge in [0.2, 0.25) is 7.37 Å². The number of rotatable bonds is 2. The zero-order valence-corrected chi connectivity index (χ0v) is 11.6. The molecule has 0 aliphatic heterocycles. The minimum Gasteiger partial charge on any atom is -0.344 e. The van der Waals surface area contributed by atoms with Crippen molar-refractivity contribution in [3.63, 3.8) is 0 Å². The van der Waals surface area contributed by atoms with Crippen molar-refractivity contribution in [2.24, 2.45) is 0 Å². The molecule has 0 heterocycles. The second-order valence-corrected chi connectivity index (χ2v) is 8.06. The summed E-state index contributed by atoms with van der Waals surface area (Å²) in [5, 5.41) is 0. The van der Waals surface area contributed by atoms with E-state index in [0.717, 1.165) is 25.7 Å². The second-order valence-electron chi connectivity index (χ2n) is 5.26. The molecule has 0 bridgehead atoms. The Morgan fingerprint density at radius 2 is 1.06 bits per heavy atom. The first-order valence-electron chi connectivity index (χ1n) is 6.53. The zero-order valence-electron chi connectivity index (χ0n) is 9.94. The van der Waals surface area contributed by atoms with Gasteiger partial charge in [0.05, 0.1) is 0 Å². The number of hydrogen-bond acceptors (Lipinski definition) is 1. The quantitative estimate of drug-likeness (QED) is 0.755. The van der Waals surface area contributed by atoms with E-state index in [1.807, 2.05) is 0 Å². The topological polar surface area (TPSA) is 37.3 Å². The standard InChI is InChI=1S/C12H23O2P.ClH/c13-15(14,11-7-3-1-4-8-11)12-9-5-2-6-10-12;/h11-12H,1-10H2,(H,13,14);1H. The van der Waals surface area contributed by atoms with Crippen molar-refractivity contribution in [3.05, 3.63) is 0 Å². The van der Waals surface area contributed by atoms with Crippen molar-refractivity contribution in [3.8, 4) is 0 Å². The lowest BCUT2D eigenvalue weighted by Crippen LogP contribution is -2.23. The smallest absolute Gasteiger partial charge is 0.206 e. The molecule has 2 rings (SSSR count). The molecule has 0 aromatic carbocycles. The Morgan fingerprint density at radius 1 is 0.750 bits per heavy atom. The molecule has 0 spiro atoms. The minimum absolute atomic E-state index is 0. The van der Waals surface area contributed by atoms with E-state index < -0.39 is 7.37 Å². The average Bonchev–Trinajstić information content (AvgIpc) is 2.31. The molecule has 0 saturated heterocycles. The van der Waals surface area contributed by atoms with Gasteiger partial charge in [-0.1, -0.05) is 38.5 Å². The molecule has 2 saturated carbocycles. The number of halogens is 1. The van der Waals surface area contributed by atoms with Crippen LogP contribution in [-0.4, -0.2) is 16.2 Å². The largest absolute Gasteiger partial charge is 0.344 e. The van der Waals surface area contributed by atoms with Gasteiger partial charge in [-0.3, -0.25) is 4.57 Å². The summed E-state index contributed by atoms with van der Waals surface area (Å²) in [5.74, 6) is 0. The van der Waals surface area contributed by atoms with Crippen LogP contribution in [0, 0.1) is 0 Å². The van der Waals surface area contributed by atoms with Crippen molar-refractivity contribution >= 4 is 19.8 Å². The number of hydrogen-bond donors (Lipinski definition) is 1. The van der Waals surface area contributed by atoms with Gasteiger partial charge in [0.1, 0.15) is 0 Å². The predicted octanol–water partition coefficient (Wildman–Crippen LogP) is 4.34. The molecule has 96 valence electrons. The Morgan fingerprint density at radius 3 is 1.38 bits per heavy atom. The van der Waals surface area contributed by atoms with E-state index in [9.17, 15) is 9.46 Å². The monoisotopic (exact) mass is 266 g/mol. The molecule has 2 aliphatic carbocycles. The first kappa shape index (κ1) is 14.5. The Kier molecular flexibility index (Phi) is 5.84. The van der Waals surface area contributed by atoms with Gasteiger partial charge in [-0.05, 0) is 25.7 Å². The summed E-state index contributed by atoms with van der Waals surface area (Å²) in [6.07, 6.45) is 11.2. The maximum atomic E-state index is 12.5. The summed E-state index contributed by atoms with van der Waals surface area (Å²) >= 11 is 0. The Balaban J connectivity index is 0.00000128. The van der Waals surface area contributed by atoms with Crippen molar-refractivity contribution in [1.82, 2.24) is 0 Å². The van der Waals surface area contributed by atoms with Crippen LogP contribution in [0.5, 0.6) is 0 Å². The SMILES string of the molecule is Cl.O=P(O)(C1CCCCC1)C1CCCCC1. The van der Waals surface area contributed by atoms with Crippen LogP contribution in [0.15, 0.2) is 0 Å². The molecular formula is C12H24ClO2P. The van der Waals surface area contributed by atoms with Gasteiger partial charge in [-0.2, -0.15) is 0 Å². The first-order valence-corrected chi connectivity index (χ1v) is 8.33. The summed E-state index contributed by atoms with van der Waals surface area (Å²) in [6.45, 7) is 0. The van der Waals surface area contributed by atoms with Crippen molar-refractivity contribution in [1.29, 1.82) is 0 Å². The van der Waals surface area contributed by atoms with E-state index in [1.54, 1.807) is 0 Å². The fraction of sp³-hybridized carbons (Fsp3) is 1.00. The molecule has 0 aromatic rings. The fourth-order valence-electron chi connectivity index (χ4n) is 3.20. The zero-order chi connectivity index (χ0) is 10.7. The normalized spacial score (nSPS) is 25.1. The Bertz CT molecular complexity index is 223. The maximum Gasteiger partial charge on any atom is 0.206 e. The molecule has 4 heteroatoms. The van der Waals surface area contributed by atoms with Gasteiger partial charge >= 0.3 is 0 Å². The van der Waals surface area contributed by atoms with E-state index in [1.165, 1.54) is 38.5 Å². The van der Waals surface area contributed by atoms with E-state index in [-0.39, 0.29) is 23.7 Å². The van der Waals surface area contributed by atoms with Crippen LogP contribution in [0.25, 0.3) is 0 Å². The van der Waals surface area contributed by atoms with Crippen molar-refractivity contribution in [2.45, 2.75) is 75.5 Å². The summed E-state index contributed by atoms with van der Waals surface area (Å²) in [4.78, 5) is 10.3. The molecule has 1 N–H and O–H groups in total. The van der Waals surface area contributed by atoms with Gasteiger partial charge < -0.3 is 4.89 Å². The molecule has 2 fully saturated rings. The first-order chi connectivity index (χ1) is 7.21. The third-order valence-electron chi connectivity index (χ3n) is 4.20. The highest BCUT2D eigenvalue weighted by Gasteiger charge is 2.39. The molecule has 2 nitrogen and oxygen atoms in total. The minimum atomic E-state index is -2.84. The van der Waals surface area contributed by atoms with Crippen LogP contribution in [0.4, 0.5) is 0 Å². The average molecular weight is 267 g/mol. The highest BCUT2D eigenvalue weighted by atomic mass is 35.5. The van der Waals surface area contributed by atoms with Crippen LogP contribution < -0.4 is 0 Å². The van der Waals surface area contributed by atoms with Gasteiger partial charge in [0.25, 0.3) is 0 Å². The Labute approximate surface area is 105 Å².